The number of likely N-dealkylation sites (tertiary alicyclic amines) is 1. The first-order valence-electron chi connectivity index (χ1n) is 5.08. The van der Waals surface area contributed by atoms with Crippen LogP contribution in [0.15, 0.2) is 0 Å². The number of hydrogen-bond donors (Lipinski definition) is 1. The third-order valence-corrected chi connectivity index (χ3v) is 2.57. The van der Waals surface area contributed by atoms with Gasteiger partial charge < -0.3 is 14.9 Å². The molecule has 1 fully saturated rings. The molecule has 0 saturated carbocycles. The summed E-state index contributed by atoms with van der Waals surface area (Å²) in [4.78, 5) is 25.9. The van der Waals surface area contributed by atoms with Gasteiger partial charge in [0.1, 0.15) is 6.04 Å². The Balaban J connectivity index is 2.66. The maximum absolute atomic E-state index is 11.7. The van der Waals surface area contributed by atoms with Crippen LogP contribution in [0, 0.1) is 5.92 Å². The molecule has 1 saturated heterocycles. The quantitative estimate of drug-likeness (QED) is 0.711. The van der Waals surface area contributed by atoms with Gasteiger partial charge in [-0.2, -0.15) is 0 Å². The summed E-state index contributed by atoms with van der Waals surface area (Å²) in [6.45, 7) is 2.80. The van der Waals surface area contributed by atoms with E-state index in [0.29, 0.717) is 13.0 Å². The van der Waals surface area contributed by atoms with Crippen LogP contribution in [0.2, 0.25) is 0 Å². The summed E-state index contributed by atoms with van der Waals surface area (Å²) in [5.41, 5.74) is 0. The minimum Gasteiger partial charge on any atom is -0.480 e. The first-order valence-corrected chi connectivity index (χ1v) is 5.08. The molecule has 5 heteroatoms. The van der Waals surface area contributed by atoms with Crippen molar-refractivity contribution < 1.29 is 14.7 Å². The van der Waals surface area contributed by atoms with Crippen LogP contribution in [0.1, 0.15) is 13.3 Å². The molecule has 5 nitrogen and oxygen atoms in total. The fourth-order valence-electron chi connectivity index (χ4n) is 1.92. The van der Waals surface area contributed by atoms with Crippen LogP contribution in [0.4, 0.5) is 0 Å². The van der Waals surface area contributed by atoms with Gasteiger partial charge >= 0.3 is 5.97 Å². The van der Waals surface area contributed by atoms with Crippen molar-refractivity contribution in [1.29, 1.82) is 0 Å². The molecule has 1 aliphatic heterocycles. The van der Waals surface area contributed by atoms with E-state index in [1.807, 2.05) is 6.92 Å². The Morgan fingerprint density at radius 3 is 2.53 bits per heavy atom. The van der Waals surface area contributed by atoms with Crippen molar-refractivity contribution >= 4 is 11.9 Å². The third kappa shape index (κ3) is 2.92. The summed E-state index contributed by atoms with van der Waals surface area (Å²) >= 11 is 0. The largest absolute Gasteiger partial charge is 0.480 e. The number of carbonyl (C=O) groups is 2. The molecule has 15 heavy (non-hydrogen) atoms. The zero-order valence-electron chi connectivity index (χ0n) is 9.43. The Morgan fingerprint density at radius 2 is 2.07 bits per heavy atom. The Hall–Kier alpha value is -1.10. The van der Waals surface area contributed by atoms with Crippen LogP contribution < -0.4 is 0 Å². The van der Waals surface area contributed by atoms with E-state index in [9.17, 15) is 9.59 Å². The monoisotopic (exact) mass is 214 g/mol. The fraction of sp³-hybridized carbons (Fsp3) is 0.800. The van der Waals surface area contributed by atoms with Gasteiger partial charge in [-0.1, -0.05) is 6.92 Å². The number of carboxylic acids is 1. The van der Waals surface area contributed by atoms with Crippen molar-refractivity contribution in [1.82, 2.24) is 9.80 Å². The second-order valence-corrected chi connectivity index (χ2v) is 4.48. The molecule has 0 aliphatic carbocycles. The molecular formula is C10H18N2O3. The lowest BCUT2D eigenvalue weighted by Gasteiger charge is -2.23. The van der Waals surface area contributed by atoms with E-state index in [-0.39, 0.29) is 18.4 Å². The predicted octanol–water partition coefficient (Wildman–Crippen LogP) is -0.130. The second kappa shape index (κ2) is 4.61. The van der Waals surface area contributed by atoms with E-state index in [1.165, 1.54) is 4.90 Å². The summed E-state index contributed by atoms with van der Waals surface area (Å²) in [5, 5.41) is 8.98. The lowest BCUT2D eigenvalue weighted by molar-refractivity contribution is -0.148. The van der Waals surface area contributed by atoms with Crippen LogP contribution in [0.25, 0.3) is 0 Å². The van der Waals surface area contributed by atoms with Crippen molar-refractivity contribution in [2.45, 2.75) is 19.4 Å². The highest BCUT2D eigenvalue weighted by molar-refractivity contribution is 5.85. The van der Waals surface area contributed by atoms with E-state index in [4.69, 9.17) is 5.11 Å². The maximum atomic E-state index is 11.7. The minimum atomic E-state index is -0.897. The van der Waals surface area contributed by atoms with Crippen molar-refractivity contribution in [3.63, 3.8) is 0 Å². The maximum Gasteiger partial charge on any atom is 0.326 e. The van der Waals surface area contributed by atoms with Gasteiger partial charge in [-0.25, -0.2) is 4.79 Å². The Bertz CT molecular complexity index is 265. The Labute approximate surface area is 89.7 Å². The molecule has 1 N–H and O–H groups in total. The van der Waals surface area contributed by atoms with E-state index < -0.39 is 12.0 Å². The van der Waals surface area contributed by atoms with Crippen LogP contribution in [-0.4, -0.2) is 60.0 Å². The molecule has 0 aromatic carbocycles. The first kappa shape index (κ1) is 12.0. The van der Waals surface area contributed by atoms with Gasteiger partial charge in [-0.05, 0) is 26.4 Å². The topological polar surface area (TPSA) is 60.9 Å². The Kier molecular flexibility index (Phi) is 3.68. The standard InChI is InChI=1S/C10H18N2O3/c1-7-4-8(10(14)15)12(5-7)9(13)6-11(2)3/h7-8H,4-6H2,1-3H3,(H,14,15). The number of amides is 1. The molecule has 0 bridgehead atoms. The zero-order chi connectivity index (χ0) is 11.6. The average Bonchev–Trinajstić information content (AvgIpc) is 2.46. The molecule has 2 unspecified atom stereocenters. The van der Waals surface area contributed by atoms with E-state index in [1.54, 1.807) is 19.0 Å². The molecule has 1 aliphatic rings. The fourth-order valence-corrected chi connectivity index (χ4v) is 1.92. The minimum absolute atomic E-state index is 0.100. The Morgan fingerprint density at radius 1 is 1.47 bits per heavy atom. The number of carboxylic acid groups (broad SMARTS) is 1. The van der Waals surface area contributed by atoms with Crippen LogP contribution in [0.5, 0.6) is 0 Å². The van der Waals surface area contributed by atoms with E-state index >= 15 is 0 Å². The summed E-state index contributed by atoms with van der Waals surface area (Å²) in [6, 6.07) is -0.632. The zero-order valence-corrected chi connectivity index (χ0v) is 9.43. The SMILES string of the molecule is CC1CC(C(=O)O)N(C(=O)CN(C)C)C1. The molecular weight excluding hydrogens is 196 g/mol. The smallest absolute Gasteiger partial charge is 0.326 e. The van der Waals surface area contributed by atoms with Gasteiger partial charge in [0.05, 0.1) is 6.54 Å². The van der Waals surface area contributed by atoms with Gasteiger partial charge in [0.15, 0.2) is 0 Å². The van der Waals surface area contributed by atoms with E-state index in [0.717, 1.165) is 0 Å². The van der Waals surface area contributed by atoms with Crippen LogP contribution in [0.3, 0.4) is 0 Å². The van der Waals surface area contributed by atoms with Gasteiger partial charge in [-0.15, -0.1) is 0 Å². The lowest BCUT2D eigenvalue weighted by Crippen LogP contribution is -2.44. The van der Waals surface area contributed by atoms with Crippen molar-refractivity contribution in [3.05, 3.63) is 0 Å². The number of carbonyl (C=O) groups excluding carboxylic acids is 1. The van der Waals surface area contributed by atoms with E-state index in [2.05, 4.69) is 0 Å². The summed E-state index contributed by atoms with van der Waals surface area (Å²) in [7, 11) is 3.60. The van der Waals surface area contributed by atoms with Crippen molar-refractivity contribution in [2.75, 3.05) is 27.2 Å². The highest BCUT2D eigenvalue weighted by Gasteiger charge is 2.37. The number of rotatable bonds is 3. The molecule has 0 spiro atoms. The number of hydrogen-bond acceptors (Lipinski definition) is 3. The molecule has 1 amide bonds. The third-order valence-electron chi connectivity index (χ3n) is 2.57. The van der Waals surface area contributed by atoms with Crippen LogP contribution >= 0.6 is 0 Å². The highest BCUT2D eigenvalue weighted by atomic mass is 16.4. The first-order chi connectivity index (χ1) is 6.91. The molecule has 2 atom stereocenters. The lowest BCUT2D eigenvalue weighted by atomic mass is 10.1. The van der Waals surface area contributed by atoms with Crippen molar-refractivity contribution in [3.8, 4) is 0 Å². The summed E-state index contributed by atoms with van der Waals surface area (Å²) in [5.74, 6) is -0.722. The highest BCUT2D eigenvalue weighted by Crippen LogP contribution is 2.22. The second-order valence-electron chi connectivity index (χ2n) is 4.48. The van der Waals surface area contributed by atoms with Crippen molar-refractivity contribution in [2.24, 2.45) is 5.92 Å². The number of likely N-dealkylation sites (N-methyl/N-ethyl adjacent to an activating group) is 1. The summed E-state index contributed by atoms with van der Waals surface area (Å²) < 4.78 is 0. The molecule has 0 aromatic rings. The number of nitrogens with zero attached hydrogens (tertiary/aromatic N) is 2. The molecule has 0 aromatic heterocycles. The van der Waals surface area contributed by atoms with Gasteiger partial charge in [-0.3, -0.25) is 4.79 Å². The molecule has 1 rings (SSSR count). The summed E-state index contributed by atoms with van der Waals surface area (Å²) in [6.07, 6.45) is 0.564. The number of aliphatic carboxylic acids is 1. The predicted molar refractivity (Wildman–Crippen MR) is 55.5 cm³/mol. The van der Waals surface area contributed by atoms with Gasteiger partial charge in [0, 0.05) is 6.54 Å². The molecule has 0 radical (unpaired) electrons. The average molecular weight is 214 g/mol. The van der Waals surface area contributed by atoms with Gasteiger partial charge in [0.25, 0.3) is 0 Å². The molecule has 1 heterocycles. The molecule has 86 valence electrons. The van der Waals surface area contributed by atoms with Crippen LogP contribution in [-0.2, 0) is 9.59 Å². The normalized spacial score (nSPS) is 26.0. The van der Waals surface area contributed by atoms with Gasteiger partial charge in [0.2, 0.25) is 5.91 Å².